The molecule has 1 aromatic heterocycles. The number of nitrogens with zero attached hydrogens (tertiary/aromatic N) is 2. The second-order valence-corrected chi connectivity index (χ2v) is 8.89. The number of hydrogen-bond donors (Lipinski definition) is 2. The molecule has 0 radical (unpaired) electrons. The number of phenolic OH excluding ortho intramolecular Hbond substituents is 1. The SMILES string of the molecule is Cc1nn(-c2ccccc2)c2c1C(c1ccc(Br)cc1)C(C(=O)c1ccccc1O)C(=O)N2. The number of aryl methyl sites for hydroxylation is 1. The molecule has 7 heteroatoms. The number of benzene rings is 3. The highest BCUT2D eigenvalue weighted by Gasteiger charge is 2.45. The molecule has 164 valence electrons. The van der Waals surface area contributed by atoms with E-state index in [1.165, 1.54) is 6.07 Å². The van der Waals surface area contributed by atoms with Crippen LogP contribution >= 0.6 is 15.9 Å². The van der Waals surface area contributed by atoms with Gasteiger partial charge in [0.1, 0.15) is 17.5 Å². The van der Waals surface area contributed by atoms with Crippen LogP contribution in [0.15, 0.2) is 83.3 Å². The Balaban J connectivity index is 1.72. The lowest BCUT2D eigenvalue weighted by Gasteiger charge is -2.31. The van der Waals surface area contributed by atoms with Crippen molar-refractivity contribution in [2.75, 3.05) is 5.32 Å². The molecule has 1 amide bonds. The highest BCUT2D eigenvalue weighted by atomic mass is 79.9. The van der Waals surface area contributed by atoms with Gasteiger partial charge in [-0.15, -0.1) is 0 Å². The van der Waals surface area contributed by atoms with E-state index >= 15 is 0 Å². The van der Waals surface area contributed by atoms with Gasteiger partial charge in [0.2, 0.25) is 5.91 Å². The Morgan fingerprint density at radius 1 is 1.00 bits per heavy atom. The van der Waals surface area contributed by atoms with E-state index < -0.39 is 23.5 Å². The fourth-order valence-electron chi connectivity index (χ4n) is 4.45. The van der Waals surface area contributed by atoms with Crippen molar-refractivity contribution in [1.82, 2.24) is 9.78 Å². The molecule has 0 spiro atoms. The fraction of sp³-hybridized carbons (Fsp3) is 0.115. The fourth-order valence-corrected chi connectivity index (χ4v) is 4.71. The van der Waals surface area contributed by atoms with Gasteiger partial charge in [-0.2, -0.15) is 5.10 Å². The smallest absolute Gasteiger partial charge is 0.237 e. The zero-order chi connectivity index (χ0) is 23.1. The van der Waals surface area contributed by atoms with Crippen LogP contribution in [0.4, 0.5) is 5.82 Å². The van der Waals surface area contributed by atoms with Crippen molar-refractivity contribution in [1.29, 1.82) is 0 Å². The van der Waals surface area contributed by atoms with Crippen molar-refractivity contribution < 1.29 is 14.7 Å². The summed E-state index contributed by atoms with van der Waals surface area (Å²) in [7, 11) is 0. The van der Waals surface area contributed by atoms with Crippen molar-refractivity contribution in [3.05, 3.63) is 106 Å². The largest absolute Gasteiger partial charge is 0.507 e. The van der Waals surface area contributed by atoms with Crippen molar-refractivity contribution in [3.63, 3.8) is 0 Å². The number of amides is 1. The summed E-state index contributed by atoms with van der Waals surface area (Å²) in [6.45, 7) is 1.88. The van der Waals surface area contributed by atoms with Crippen LogP contribution in [0.1, 0.15) is 33.1 Å². The highest BCUT2D eigenvalue weighted by molar-refractivity contribution is 9.10. The first-order valence-electron chi connectivity index (χ1n) is 10.5. The number of halogens is 1. The van der Waals surface area contributed by atoms with E-state index in [4.69, 9.17) is 5.10 Å². The number of carbonyl (C=O) groups excluding carboxylic acids is 2. The number of Topliss-reactive ketones (excluding diaryl/α,β-unsaturated/α-hetero) is 1. The summed E-state index contributed by atoms with van der Waals surface area (Å²) in [6, 6.07) is 23.4. The maximum Gasteiger partial charge on any atom is 0.237 e. The summed E-state index contributed by atoms with van der Waals surface area (Å²) in [5.74, 6) is -2.08. The van der Waals surface area contributed by atoms with E-state index in [0.29, 0.717) is 5.82 Å². The van der Waals surface area contributed by atoms with Crippen LogP contribution in [0.3, 0.4) is 0 Å². The number of nitrogens with one attached hydrogen (secondary N) is 1. The Morgan fingerprint density at radius 2 is 1.67 bits per heavy atom. The monoisotopic (exact) mass is 501 g/mol. The Labute approximate surface area is 199 Å². The molecule has 0 saturated heterocycles. The van der Waals surface area contributed by atoms with Crippen LogP contribution in [-0.4, -0.2) is 26.6 Å². The van der Waals surface area contributed by atoms with E-state index in [1.54, 1.807) is 22.9 Å². The number of fused-ring (bicyclic) bond motifs is 1. The van der Waals surface area contributed by atoms with Gasteiger partial charge >= 0.3 is 0 Å². The van der Waals surface area contributed by atoms with Crippen LogP contribution < -0.4 is 5.32 Å². The van der Waals surface area contributed by atoms with Crippen molar-refractivity contribution >= 4 is 33.4 Å². The van der Waals surface area contributed by atoms with Crippen LogP contribution in [0.2, 0.25) is 0 Å². The predicted octanol–water partition coefficient (Wildman–Crippen LogP) is 5.23. The number of carbonyl (C=O) groups is 2. The predicted molar refractivity (Wildman–Crippen MR) is 129 cm³/mol. The van der Waals surface area contributed by atoms with E-state index in [2.05, 4.69) is 21.2 Å². The number of aromatic hydroxyl groups is 1. The Kier molecular flexibility index (Phi) is 5.34. The van der Waals surface area contributed by atoms with Gasteiger partial charge in [0.15, 0.2) is 5.78 Å². The number of hydrogen-bond acceptors (Lipinski definition) is 4. The summed E-state index contributed by atoms with van der Waals surface area (Å²) in [6.07, 6.45) is 0. The average molecular weight is 502 g/mol. The van der Waals surface area contributed by atoms with E-state index in [1.807, 2.05) is 61.5 Å². The third-order valence-electron chi connectivity index (χ3n) is 5.96. The number of phenols is 1. The number of anilines is 1. The first-order valence-corrected chi connectivity index (χ1v) is 11.3. The molecular formula is C26H20BrN3O3. The van der Waals surface area contributed by atoms with Crippen LogP contribution in [-0.2, 0) is 4.79 Å². The normalized spacial score (nSPS) is 17.3. The minimum atomic E-state index is -1.06. The van der Waals surface area contributed by atoms with Gasteiger partial charge in [-0.3, -0.25) is 9.59 Å². The second-order valence-electron chi connectivity index (χ2n) is 7.97. The summed E-state index contributed by atoms with van der Waals surface area (Å²) < 4.78 is 2.60. The molecule has 2 N–H and O–H groups in total. The highest BCUT2D eigenvalue weighted by Crippen LogP contribution is 2.45. The molecule has 2 heterocycles. The molecule has 6 nitrogen and oxygen atoms in total. The molecule has 2 unspecified atom stereocenters. The second kappa shape index (κ2) is 8.33. The molecule has 0 saturated carbocycles. The molecule has 0 fully saturated rings. The van der Waals surface area contributed by atoms with Crippen LogP contribution in [0, 0.1) is 12.8 Å². The third kappa shape index (κ3) is 3.64. The lowest BCUT2D eigenvalue weighted by molar-refractivity contribution is -0.119. The molecule has 0 aliphatic carbocycles. The first kappa shape index (κ1) is 21.2. The van der Waals surface area contributed by atoms with E-state index in [-0.39, 0.29) is 11.3 Å². The molecule has 3 aromatic carbocycles. The summed E-state index contributed by atoms with van der Waals surface area (Å²) in [5.41, 5.74) is 3.25. The molecule has 1 aliphatic rings. The molecule has 2 atom stereocenters. The van der Waals surface area contributed by atoms with Gasteiger partial charge in [0.25, 0.3) is 0 Å². The minimum Gasteiger partial charge on any atom is -0.507 e. The molecule has 1 aliphatic heterocycles. The van der Waals surface area contributed by atoms with Gasteiger partial charge in [0.05, 0.1) is 16.9 Å². The van der Waals surface area contributed by atoms with Crippen LogP contribution in [0.5, 0.6) is 5.75 Å². The van der Waals surface area contributed by atoms with E-state index in [9.17, 15) is 14.7 Å². The average Bonchev–Trinajstić information content (AvgIpc) is 3.15. The molecule has 5 rings (SSSR count). The zero-order valence-electron chi connectivity index (χ0n) is 17.7. The molecule has 0 bridgehead atoms. The van der Waals surface area contributed by atoms with Crippen LogP contribution in [0.25, 0.3) is 5.69 Å². The van der Waals surface area contributed by atoms with Gasteiger partial charge in [-0.05, 0) is 48.9 Å². The van der Waals surface area contributed by atoms with Gasteiger partial charge in [-0.1, -0.05) is 58.4 Å². The third-order valence-corrected chi connectivity index (χ3v) is 6.49. The summed E-state index contributed by atoms with van der Waals surface area (Å²) >= 11 is 3.46. The van der Waals surface area contributed by atoms with E-state index in [0.717, 1.165) is 27.0 Å². The van der Waals surface area contributed by atoms with Crippen molar-refractivity contribution in [3.8, 4) is 11.4 Å². The number of aromatic nitrogens is 2. The zero-order valence-corrected chi connectivity index (χ0v) is 19.3. The number of para-hydroxylation sites is 2. The summed E-state index contributed by atoms with van der Waals surface area (Å²) in [4.78, 5) is 27.1. The first-order chi connectivity index (χ1) is 16.0. The lowest BCUT2D eigenvalue weighted by Crippen LogP contribution is -2.40. The van der Waals surface area contributed by atoms with Gasteiger partial charge < -0.3 is 10.4 Å². The number of ketones is 1. The maximum absolute atomic E-state index is 13.6. The Hall–Kier alpha value is -3.71. The lowest BCUT2D eigenvalue weighted by atomic mass is 9.74. The van der Waals surface area contributed by atoms with Gasteiger partial charge in [0, 0.05) is 16.0 Å². The quantitative estimate of drug-likeness (QED) is 0.296. The molecule has 33 heavy (non-hydrogen) atoms. The maximum atomic E-state index is 13.6. The number of rotatable bonds is 4. The molecule has 4 aromatic rings. The minimum absolute atomic E-state index is 0.122. The Morgan fingerprint density at radius 3 is 2.36 bits per heavy atom. The summed E-state index contributed by atoms with van der Waals surface area (Å²) in [5, 5.41) is 18.0. The van der Waals surface area contributed by atoms with Crippen molar-refractivity contribution in [2.24, 2.45) is 5.92 Å². The standard InChI is InChI=1S/C26H20BrN3O3/c1-15-21-22(16-11-13-17(27)14-12-16)23(24(32)19-9-5-6-10-20(19)31)26(33)28-25(21)30(29-15)18-7-3-2-4-8-18/h2-14,22-23,31H,1H3,(H,28,33). The Bertz CT molecular complexity index is 1360. The topological polar surface area (TPSA) is 84.2 Å². The molecular weight excluding hydrogens is 482 g/mol. The van der Waals surface area contributed by atoms with Gasteiger partial charge in [-0.25, -0.2) is 4.68 Å². The van der Waals surface area contributed by atoms with Crippen molar-refractivity contribution in [2.45, 2.75) is 12.8 Å².